The zero-order valence-electron chi connectivity index (χ0n) is 26.9. The van der Waals surface area contributed by atoms with E-state index >= 15 is 0 Å². The van der Waals surface area contributed by atoms with Gasteiger partial charge in [0.25, 0.3) is 0 Å². The van der Waals surface area contributed by atoms with Gasteiger partial charge in [0.05, 0.1) is 0 Å². The molecular formula is C38H60O2. The SMILES string of the molecule is CCCCC/C=C/C/C=C/CCCCCCCC(=O)OC/C=C(C)/C=C\C=C(C)\C=C\C1=C(C)CCCC1(C)C. The number of carbonyl (C=O) groups is 1. The van der Waals surface area contributed by atoms with Crippen LogP contribution in [0.5, 0.6) is 0 Å². The lowest BCUT2D eigenvalue weighted by Gasteiger charge is -2.32. The monoisotopic (exact) mass is 548 g/mol. The Balaban J connectivity index is 2.14. The van der Waals surface area contributed by atoms with Crippen LogP contribution in [0, 0.1) is 5.41 Å². The average Bonchev–Trinajstić information content (AvgIpc) is 2.90. The van der Waals surface area contributed by atoms with E-state index in [9.17, 15) is 4.79 Å². The predicted molar refractivity (Wildman–Crippen MR) is 176 cm³/mol. The van der Waals surface area contributed by atoms with Crippen molar-refractivity contribution in [2.75, 3.05) is 6.61 Å². The number of hydrogen-bond donors (Lipinski definition) is 0. The second-order valence-corrected chi connectivity index (χ2v) is 12.1. The molecule has 0 atom stereocenters. The molecule has 0 spiro atoms. The van der Waals surface area contributed by atoms with Gasteiger partial charge in [-0.15, -0.1) is 0 Å². The van der Waals surface area contributed by atoms with Gasteiger partial charge in [-0.2, -0.15) is 0 Å². The van der Waals surface area contributed by atoms with Crippen LogP contribution in [-0.4, -0.2) is 12.6 Å². The Labute approximate surface area is 248 Å². The van der Waals surface area contributed by atoms with Crippen LogP contribution in [0.25, 0.3) is 0 Å². The first kappa shape index (κ1) is 35.7. The lowest BCUT2D eigenvalue weighted by molar-refractivity contribution is -0.142. The molecule has 0 N–H and O–H groups in total. The maximum absolute atomic E-state index is 12.0. The third-order valence-corrected chi connectivity index (χ3v) is 7.75. The van der Waals surface area contributed by atoms with Gasteiger partial charge in [0.15, 0.2) is 0 Å². The Hall–Kier alpha value is -2.35. The van der Waals surface area contributed by atoms with Crippen molar-refractivity contribution in [3.05, 3.63) is 83.1 Å². The summed E-state index contributed by atoms with van der Waals surface area (Å²) in [6.07, 6.45) is 39.4. The summed E-state index contributed by atoms with van der Waals surface area (Å²) in [5.74, 6) is -0.0881. The summed E-state index contributed by atoms with van der Waals surface area (Å²) < 4.78 is 5.40. The topological polar surface area (TPSA) is 26.3 Å². The van der Waals surface area contributed by atoms with Crippen LogP contribution in [0.2, 0.25) is 0 Å². The molecular weight excluding hydrogens is 488 g/mol. The molecule has 0 fully saturated rings. The van der Waals surface area contributed by atoms with Gasteiger partial charge in [0, 0.05) is 6.42 Å². The van der Waals surface area contributed by atoms with Crippen molar-refractivity contribution < 1.29 is 9.53 Å². The highest BCUT2D eigenvalue weighted by Crippen LogP contribution is 2.40. The molecule has 1 aliphatic carbocycles. The Morgan fingerprint density at radius 2 is 1.55 bits per heavy atom. The number of unbranched alkanes of at least 4 members (excludes halogenated alkanes) is 8. The molecule has 0 aliphatic heterocycles. The minimum Gasteiger partial charge on any atom is -0.461 e. The molecule has 2 nitrogen and oxygen atoms in total. The minimum atomic E-state index is -0.0881. The van der Waals surface area contributed by atoms with Crippen LogP contribution < -0.4 is 0 Å². The van der Waals surface area contributed by atoms with Gasteiger partial charge < -0.3 is 4.74 Å². The van der Waals surface area contributed by atoms with E-state index in [1.165, 1.54) is 80.9 Å². The summed E-state index contributed by atoms with van der Waals surface area (Å²) >= 11 is 0. The number of esters is 1. The van der Waals surface area contributed by atoms with Crippen molar-refractivity contribution in [2.24, 2.45) is 5.41 Å². The number of carbonyl (C=O) groups excluding carboxylic acids is 1. The van der Waals surface area contributed by atoms with Crippen molar-refractivity contribution in [3.63, 3.8) is 0 Å². The van der Waals surface area contributed by atoms with Gasteiger partial charge >= 0.3 is 5.97 Å². The molecule has 0 amide bonds. The van der Waals surface area contributed by atoms with Crippen LogP contribution in [0.3, 0.4) is 0 Å². The normalized spacial score (nSPS) is 16.9. The van der Waals surface area contributed by atoms with E-state index in [-0.39, 0.29) is 11.4 Å². The summed E-state index contributed by atoms with van der Waals surface area (Å²) in [5.41, 5.74) is 5.63. The van der Waals surface area contributed by atoms with E-state index in [2.05, 4.69) is 89.3 Å². The highest BCUT2D eigenvalue weighted by Gasteiger charge is 2.26. The molecule has 0 aromatic carbocycles. The lowest BCUT2D eigenvalue weighted by Crippen LogP contribution is -2.19. The molecule has 1 rings (SSSR count). The van der Waals surface area contributed by atoms with E-state index < -0.39 is 0 Å². The summed E-state index contributed by atoms with van der Waals surface area (Å²) in [7, 11) is 0. The zero-order valence-corrected chi connectivity index (χ0v) is 26.9. The number of rotatable bonds is 20. The molecule has 0 aromatic rings. The quantitative estimate of drug-likeness (QED) is 0.0654. The molecule has 2 heteroatoms. The van der Waals surface area contributed by atoms with Gasteiger partial charge in [-0.25, -0.2) is 0 Å². The number of ether oxygens (including phenoxy) is 1. The minimum absolute atomic E-state index is 0.0881. The Morgan fingerprint density at radius 3 is 2.25 bits per heavy atom. The first-order valence-corrected chi connectivity index (χ1v) is 16.1. The second kappa shape index (κ2) is 22.4. The van der Waals surface area contributed by atoms with E-state index in [0.717, 1.165) is 31.3 Å². The van der Waals surface area contributed by atoms with Crippen LogP contribution >= 0.6 is 0 Å². The number of allylic oxidation sites excluding steroid dienone is 13. The maximum atomic E-state index is 12.0. The standard InChI is InChI=1S/C38H60O2/c1-7-8-9-10-11-12-13-14-15-16-17-18-19-20-21-27-37(39)40-32-30-34(3)25-22-24-33(2)28-29-36-35(4)26-23-31-38(36,5)6/h11-12,14-15,22,24-25,28-30H,7-10,13,16-21,23,26-27,31-32H2,1-6H3/b12-11+,15-14+,25-22-,29-28+,33-24+,34-30+. The maximum Gasteiger partial charge on any atom is 0.306 e. The molecule has 0 radical (unpaired) electrons. The largest absolute Gasteiger partial charge is 0.461 e. The third kappa shape index (κ3) is 18.1. The van der Waals surface area contributed by atoms with Crippen LogP contribution in [0.4, 0.5) is 0 Å². The van der Waals surface area contributed by atoms with Crippen molar-refractivity contribution >= 4 is 5.97 Å². The van der Waals surface area contributed by atoms with E-state index in [1.807, 2.05) is 13.0 Å². The molecule has 1 aliphatic rings. The molecule has 0 saturated carbocycles. The van der Waals surface area contributed by atoms with Gasteiger partial charge in [-0.1, -0.05) is 124 Å². The molecule has 0 saturated heterocycles. The first-order valence-electron chi connectivity index (χ1n) is 16.1. The fourth-order valence-electron chi connectivity index (χ4n) is 5.12. The first-order chi connectivity index (χ1) is 19.3. The highest BCUT2D eigenvalue weighted by molar-refractivity contribution is 5.69. The second-order valence-electron chi connectivity index (χ2n) is 12.1. The summed E-state index contributed by atoms with van der Waals surface area (Å²) in [5, 5.41) is 0. The Bertz CT molecular complexity index is 917. The zero-order chi connectivity index (χ0) is 29.5. The predicted octanol–water partition coefficient (Wildman–Crippen LogP) is 11.9. The third-order valence-electron chi connectivity index (χ3n) is 7.75. The summed E-state index contributed by atoms with van der Waals surface area (Å²) in [4.78, 5) is 12.0. The van der Waals surface area contributed by atoms with Crippen molar-refractivity contribution in [1.29, 1.82) is 0 Å². The molecule has 0 heterocycles. The van der Waals surface area contributed by atoms with Gasteiger partial charge in [-0.3, -0.25) is 4.79 Å². The van der Waals surface area contributed by atoms with Gasteiger partial charge in [0.2, 0.25) is 0 Å². The van der Waals surface area contributed by atoms with Crippen molar-refractivity contribution in [1.82, 2.24) is 0 Å². The van der Waals surface area contributed by atoms with Crippen molar-refractivity contribution in [3.8, 4) is 0 Å². The highest BCUT2D eigenvalue weighted by atomic mass is 16.5. The van der Waals surface area contributed by atoms with Crippen LogP contribution in [0.1, 0.15) is 138 Å². The molecule has 224 valence electrons. The molecule has 0 aromatic heterocycles. The average molecular weight is 549 g/mol. The van der Waals surface area contributed by atoms with Crippen LogP contribution in [-0.2, 0) is 9.53 Å². The fraction of sp³-hybridized carbons (Fsp3) is 0.605. The Kier molecular flexibility index (Phi) is 19.9. The summed E-state index contributed by atoms with van der Waals surface area (Å²) in [6, 6.07) is 0. The fourth-order valence-corrected chi connectivity index (χ4v) is 5.12. The van der Waals surface area contributed by atoms with E-state index in [1.54, 1.807) is 0 Å². The molecule has 0 unspecified atom stereocenters. The molecule has 0 bridgehead atoms. The van der Waals surface area contributed by atoms with E-state index in [4.69, 9.17) is 4.74 Å². The lowest BCUT2D eigenvalue weighted by atomic mass is 9.72. The van der Waals surface area contributed by atoms with Crippen LogP contribution in [0.15, 0.2) is 83.1 Å². The Morgan fingerprint density at radius 1 is 0.875 bits per heavy atom. The number of hydrogen-bond acceptors (Lipinski definition) is 2. The molecule has 40 heavy (non-hydrogen) atoms. The van der Waals surface area contributed by atoms with Crippen molar-refractivity contribution in [2.45, 2.75) is 138 Å². The van der Waals surface area contributed by atoms with Gasteiger partial charge in [0.1, 0.15) is 6.61 Å². The van der Waals surface area contributed by atoms with Gasteiger partial charge in [-0.05, 0) is 95.6 Å². The summed E-state index contributed by atoms with van der Waals surface area (Å²) in [6.45, 7) is 13.8. The van der Waals surface area contributed by atoms with E-state index in [0.29, 0.717) is 13.0 Å². The smallest absolute Gasteiger partial charge is 0.306 e.